The summed E-state index contributed by atoms with van der Waals surface area (Å²) in [5, 5.41) is 57.5. The van der Waals surface area contributed by atoms with Gasteiger partial charge in [-0.1, -0.05) is 12.1 Å². The molecule has 0 aromatic heterocycles. The molecule has 0 spiro atoms. The van der Waals surface area contributed by atoms with Crippen LogP contribution in [0.5, 0.6) is 17.2 Å². The van der Waals surface area contributed by atoms with Gasteiger partial charge in [0, 0.05) is 0 Å². The van der Waals surface area contributed by atoms with Gasteiger partial charge in [-0.3, -0.25) is 0 Å². The van der Waals surface area contributed by atoms with Crippen LogP contribution < -0.4 is 4.74 Å². The fourth-order valence-electron chi connectivity index (χ4n) is 2.85. The smallest absolute Gasteiger partial charge is 0.338 e. The summed E-state index contributed by atoms with van der Waals surface area (Å²) < 4.78 is 15.9. The Morgan fingerprint density at radius 2 is 1.63 bits per heavy atom. The van der Waals surface area contributed by atoms with Gasteiger partial charge in [0.2, 0.25) is 6.29 Å². The van der Waals surface area contributed by atoms with Crippen LogP contribution in [0.3, 0.4) is 0 Å². The number of aliphatic hydroxyl groups is 4. The number of rotatable bonds is 6. The van der Waals surface area contributed by atoms with Crippen LogP contribution >= 0.6 is 0 Å². The van der Waals surface area contributed by atoms with E-state index in [9.17, 15) is 35.4 Å². The van der Waals surface area contributed by atoms with Crippen molar-refractivity contribution in [2.24, 2.45) is 0 Å². The van der Waals surface area contributed by atoms with Gasteiger partial charge in [0.25, 0.3) is 0 Å². The monoisotopic (exact) mass is 422 g/mol. The van der Waals surface area contributed by atoms with Crippen molar-refractivity contribution in [3.63, 3.8) is 0 Å². The summed E-state index contributed by atoms with van der Waals surface area (Å²) in [7, 11) is 0. The molecule has 0 saturated carbocycles. The summed E-state index contributed by atoms with van der Waals surface area (Å²) in [6.07, 6.45) is -6.92. The molecule has 10 nitrogen and oxygen atoms in total. The van der Waals surface area contributed by atoms with E-state index in [-0.39, 0.29) is 23.7 Å². The Morgan fingerprint density at radius 1 is 0.933 bits per heavy atom. The van der Waals surface area contributed by atoms with Crippen LogP contribution in [0.15, 0.2) is 42.5 Å². The first-order valence-corrected chi connectivity index (χ1v) is 9.05. The number of aliphatic hydroxyl groups excluding tert-OH is 4. The number of aromatic hydroxyl groups is 2. The van der Waals surface area contributed by atoms with Gasteiger partial charge < -0.3 is 44.8 Å². The van der Waals surface area contributed by atoms with Crippen LogP contribution in [-0.2, 0) is 16.1 Å². The van der Waals surface area contributed by atoms with Crippen LogP contribution in [0.4, 0.5) is 0 Å². The SMILES string of the molecule is O=C(OCc1ccc(O[C@@H]2O[C@H](CO)[C@@H](O)[C@H](O)[C@H]2O)cc1)c1ccc(O)c(O)c1. The van der Waals surface area contributed by atoms with Crippen molar-refractivity contribution < 1.29 is 49.6 Å². The number of benzene rings is 2. The predicted molar refractivity (Wildman–Crippen MR) is 99.7 cm³/mol. The number of phenolic OH excluding ortho intramolecular Hbond substituents is 2. The topological polar surface area (TPSA) is 166 Å². The predicted octanol–water partition coefficient (Wildman–Crippen LogP) is -0.367. The third-order valence-corrected chi connectivity index (χ3v) is 4.61. The average Bonchev–Trinajstić information content (AvgIpc) is 2.75. The molecule has 10 heteroatoms. The molecule has 2 aromatic rings. The Balaban J connectivity index is 1.57. The largest absolute Gasteiger partial charge is 0.504 e. The van der Waals surface area contributed by atoms with E-state index in [0.29, 0.717) is 5.56 Å². The van der Waals surface area contributed by atoms with Crippen molar-refractivity contribution in [1.29, 1.82) is 0 Å². The van der Waals surface area contributed by atoms with Crippen LogP contribution in [-0.4, -0.2) is 73.9 Å². The molecule has 1 saturated heterocycles. The lowest BCUT2D eigenvalue weighted by Gasteiger charge is -2.39. The van der Waals surface area contributed by atoms with E-state index < -0.39 is 49.0 Å². The third kappa shape index (κ3) is 4.81. The maximum absolute atomic E-state index is 12.0. The molecular formula is C20H22O10. The normalized spacial score (nSPS) is 26.2. The summed E-state index contributed by atoms with van der Waals surface area (Å²) in [5.41, 5.74) is 0.695. The van der Waals surface area contributed by atoms with Gasteiger partial charge in [0.1, 0.15) is 36.8 Å². The number of phenols is 2. The maximum atomic E-state index is 12.0. The first-order valence-electron chi connectivity index (χ1n) is 9.05. The first kappa shape index (κ1) is 21.8. The van der Waals surface area contributed by atoms with E-state index in [1.54, 1.807) is 12.1 Å². The van der Waals surface area contributed by atoms with Crippen LogP contribution in [0.2, 0.25) is 0 Å². The van der Waals surface area contributed by atoms with Gasteiger partial charge in [0.05, 0.1) is 12.2 Å². The molecule has 3 rings (SSSR count). The number of hydrogen-bond acceptors (Lipinski definition) is 10. The van der Waals surface area contributed by atoms with E-state index in [4.69, 9.17) is 14.2 Å². The Labute approximate surface area is 171 Å². The van der Waals surface area contributed by atoms with Crippen molar-refractivity contribution in [1.82, 2.24) is 0 Å². The minimum atomic E-state index is -1.54. The van der Waals surface area contributed by atoms with Crippen LogP contribution in [0.1, 0.15) is 15.9 Å². The van der Waals surface area contributed by atoms with E-state index in [0.717, 1.165) is 6.07 Å². The standard InChI is InChI=1S/C20H22O10/c21-8-15-16(24)17(25)18(26)20(30-15)29-12-4-1-10(2-5-12)9-28-19(27)11-3-6-13(22)14(23)7-11/h1-7,15-18,20-26H,8-9H2/t15-,16-,17+,18-,20-/m1/s1. The Hall–Kier alpha value is -2.89. The summed E-state index contributed by atoms with van der Waals surface area (Å²) in [5.74, 6) is -1.19. The Morgan fingerprint density at radius 3 is 2.27 bits per heavy atom. The highest BCUT2D eigenvalue weighted by atomic mass is 16.7. The van der Waals surface area contributed by atoms with Gasteiger partial charge in [-0.2, -0.15) is 0 Å². The lowest BCUT2D eigenvalue weighted by Crippen LogP contribution is -2.60. The highest BCUT2D eigenvalue weighted by molar-refractivity contribution is 5.90. The fourth-order valence-corrected chi connectivity index (χ4v) is 2.85. The van der Waals surface area contributed by atoms with Crippen molar-refractivity contribution >= 4 is 5.97 Å². The zero-order valence-corrected chi connectivity index (χ0v) is 15.7. The molecule has 30 heavy (non-hydrogen) atoms. The summed E-state index contributed by atoms with van der Waals surface area (Å²) in [4.78, 5) is 12.0. The molecular weight excluding hydrogens is 400 g/mol. The van der Waals surface area contributed by atoms with Gasteiger partial charge in [0.15, 0.2) is 11.5 Å². The lowest BCUT2D eigenvalue weighted by molar-refractivity contribution is -0.277. The quantitative estimate of drug-likeness (QED) is 0.267. The zero-order valence-electron chi connectivity index (χ0n) is 15.7. The van der Waals surface area contributed by atoms with Crippen LogP contribution in [0, 0.1) is 0 Å². The molecule has 162 valence electrons. The molecule has 6 N–H and O–H groups in total. The van der Waals surface area contributed by atoms with E-state index in [2.05, 4.69) is 0 Å². The number of ether oxygens (including phenoxy) is 3. The van der Waals surface area contributed by atoms with Crippen molar-refractivity contribution in [3.8, 4) is 17.2 Å². The van der Waals surface area contributed by atoms with Crippen LogP contribution in [0.25, 0.3) is 0 Å². The number of esters is 1. The second-order valence-corrected chi connectivity index (χ2v) is 6.74. The van der Waals surface area contributed by atoms with Gasteiger partial charge in [-0.25, -0.2) is 4.79 Å². The molecule has 0 amide bonds. The molecule has 1 heterocycles. The maximum Gasteiger partial charge on any atom is 0.338 e. The molecule has 5 atom stereocenters. The summed E-state index contributed by atoms with van der Waals surface area (Å²) in [6.45, 7) is -0.630. The minimum Gasteiger partial charge on any atom is -0.504 e. The Kier molecular flexibility index (Phi) is 6.75. The lowest BCUT2D eigenvalue weighted by atomic mass is 9.99. The second-order valence-electron chi connectivity index (χ2n) is 6.74. The highest BCUT2D eigenvalue weighted by Crippen LogP contribution is 2.26. The van der Waals surface area contributed by atoms with Crippen molar-refractivity contribution in [2.45, 2.75) is 37.3 Å². The zero-order chi connectivity index (χ0) is 21.8. The van der Waals surface area contributed by atoms with E-state index in [1.165, 1.54) is 24.3 Å². The molecule has 0 bridgehead atoms. The molecule has 2 aromatic carbocycles. The summed E-state index contributed by atoms with van der Waals surface area (Å²) >= 11 is 0. The molecule has 1 aliphatic rings. The van der Waals surface area contributed by atoms with Gasteiger partial charge in [-0.05, 0) is 35.9 Å². The molecule has 1 fully saturated rings. The number of hydrogen-bond donors (Lipinski definition) is 6. The fraction of sp³-hybridized carbons (Fsp3) is 0.350. The Bertz CT molecular complexity index is 866. The van der Waals surface area contributed by atoms with E-state index >= 15 is 0 Å². The number of carbonyl (C=O) groups excluding carboxylic acids is 1. The molecule has 1 aliphatic heterocycles. The highest BCUT2D eigenvalue weighted by Gasteiger charge is 2.44. The number of carbonyl (C=O) groups is 1. The third-order valence-electron chi connectivity index (χ3n) is 4.61. The van der Waals surface area contributed by atoms with Gasteiger partial charge in [-0.15, -0.1) is 0 Å². The van der Waals surface area contributed by atoms with Crippen molar-refractivity contribution in [2.75, 3.05) is 6.61 Å². The molecule has 0 radical (unpaired) electrons. The van der Waals surface area contributed by atoms with E-state index in [1.807, 2.05) is 0 Å². The summed E-state index contributed by atoms with van der Waals surface area (Å²) in [6, 6.07) is 9.83. The average molecular weight is 422 g/mol. The molecule has 0 aliphatic carbocycles. The van der Waals surface area contributed by atoms with Crippen molar-refractivity contribution in [3.05, 3.63) is 53.6 Å². The first-order chi connectivity index (χ1) is 14.3. The minimum absolute atomic E-state index is 0.0687. The second kappa shape index (κ2) is 9.28. The molecule has 0 unspecified atom stereocenters. The van der Waals surface area contributed by atoms with Gasteiger partial charge >= 0.3 is 5.97 Å².